The Balaban J connectivity index is 1.61. The Hall–Kier alpha value is -1.63. The normalized spacial score (nSPS) is 10.6. The number of carbonyl (C=O) groups is 1. The lowest BCUT2D eigenvalue weighted by atomic mass is 10.3. The summed E-state index contributed by atoms with van der Waals surface area (Å²) in [4.78, 5) is 18.9. The van der Waals surface area contributed by atoms with Crippen LogP contribution >= 0.6 is 34.4 Å². The van der Waals surface area contributed by atoms with Crippen LogP contribution in [0.2, 0.25) is 0 Å². The Morgan fingerprint density at radius 1 is 1.23 bits per heavy atom. The van der Waals surface area contributed by atoms with Gasteiger partial charge in [-0.2, -0.15) is 0 Å². The zero-order chi connectivity index (χ0) is 15.4. The van der Waals surface area contributed by atoms with Crippen molar-refractivity contribution in [3.63, 3.8) is 0 Å². The van der Waals surface area contributed by atoms with E-state index in [4.69, 9.17) is 0 Å². The van der Waals surface area contributed by atoms with Crippen molar-refractivity contribution < 1.29 is 4.79 Å². The quantitative estimate of drug-likeness (QED) is 0.676. The first kappa shape index (κ1) is 15.3. The predicted molar refractivity (Wildman–Crippen MR) is 96.0 cm³/mol. The highest BCUT2D eigenvalue weighted by atomic mass is 32.2. The molecular formula is C16H14N2OS3. The van der Waals surface area contributed by atoms with Gasteiger partial charge in [0.1, 0.15) is 5.01 Å². The van der Waals surface area contributed by atoms with Crippen LogP contribution in [-0.2, 0) is 11.2 Å². The highest BCUT2D eigenvalue weighted by Crippen LogP contribution is 2.28. The molecule has 0 aliphatic heterocycles. The summed E-state index contributed by atoms with van der Waals surface area (Å²) in [5, 5.41) is 7.86. The van der Waals surface area contributed by atoms with Gasteiger partial charge in [0.15, 0.2) is 0 Å². The van der Waals surface area contributed by atoms with Crippen LogP contribution in [0.3, 0.4) is 0 Å². The van der Waals surface area contributed by atoms with Crippen molar-refractivity contribution >= 4 is 46.0 Å². The van der Waals surface area contributed by atoms with Gasteiger partial charge in [0, 0.05) is 16.0 Å². The number of thiazole rings is 1. The standard InChI is InChI=1S/C16H14N2OS3/c1-20-13-6-4-11(5-7-13)17-15(19)9-12-10-22-16(18-12)14-3-2-8-21-14/h2-8,10H,9H2,1H3,(H,17,19). The van der Waals surface area contributed by atoms with E-state index in [2.05, 4.69) is 10.3 Å². The molecule has 0 aliphatic carbocycles. The van der Waals surface area contributed by atoms with Gasteiger partial charge in [-0.1, -0.05) is 6.07 Å². The number of carbonyl (C=O) groups excluding carboxylic acids is 1. The number of nitrogens with zero attached hydrogens (tertiary/aromatic N) is 1. The maximum atomic E-state index is 12.1. The molecule has 0 unspecified atom stereocenters. The van der Waals surface area contributed by atoms with E-state index in [9.17, 15) is 4.79 Å². The number of benzene rings is 1. The molecule has 3 nitrogen and oxygen atoms in total. The lowest BCUT2D eigenvalue weighted by Gasteiger charge is -2.04. The molecule has 3 rings (SSSR count). The average Bonchev–Trinajstić information content (AvgIpc) is 3.19. The number of nitrogens with one attached hydrogen (secondary N) is 1. The van der Waals surface area contributed by atoms with Gasteiger partial charge in [0.25, 0.3) is 0 Å². The first-order valence-corrected chi connectivity index (χ1v) is 9.65. The van der Waals surface area contributed by atoms with Crippen LogP contribution in [0.15, 0.2) is 52.1 Å². The van der Waals surface area contributed by atoms with Crippen molar-refractivity contribution in [3.05, 3.63) is 52.9 Å². The zero-order valence-electron chi connectivity index (χ0n) is 11.9. The van der Waals surface area contributed by atoms with Crippen LogP contribution < -0.4 is 5.32 Å². The number of hydrogen-bond donors (Lipinski definition) is 1. The van der Waals surface area contributed by atoms with Gasteiger partial charge in [-0.05, 0) is 42.0 Å². The molecule has 0 atom stereocenters. The van der Waals surface area contributed by atoms with Crippen LogP contribution in [0.4, 0.5) is 5.69 Å². The summed E-state index contributed by atoms with van der Waals surface area (Å²) in [6.45, 7) is 0. The minimum Gasteiger partial charge on any atom is -0.326 e. The largest absolute Gasteiger partial charge is 0.326 e. The van der Waals surface area contributed by atoms with Gasteiger partial charge >= 0.3 is 0 Å². The number of thiophene rings is 1. The molecule has 112 valence electrons. The molecule has 0 saturated carbocycles. The average molecular weight is 347 g/mol. The van der Waals surface area contributed by atoms with Crippen LogP contribution in [0, 0.1) is 0 Å². The van der Waals surface area contributed by atoms with Gasteiger partial charge in [0.05, 0.1) is 17.0 Å². The molecule has 3 aromatic rings. The third-order valence-electron chi connectivity index (χ3n) is 3.00. The summed E-state index contributed by atoms with van der Waals surface area (Å²) in [6.07, 6.45) is 2.33. The van der Waals surface area contributed by atoms with E-state index in [1.165, 1.54) is 4.90 Å². The summed E-state index contributed by atoms with van der Waals surface area (Å²) < 4.78 is 0. The lowest BCUT2D eigenvalue weighted by Crippen LogP contribution is -2.14. The first-order chi connectivity index (χ1) is 10.7. The molecule has 0 saturated heterocycles. The Kier molecular flexibility index (Phi) is 4.92. The lowest BCUT2D eigenvalue weighted by molar-refractivity contribution is -0.115. The van der Waals surface area contributed by atoms with Crippen LogP contribution in [0.1, 0.15) is 5.69 Å². The molecule has 0 bridgehead atoms. The SMILES string of the molecule is CSc1ccc(NC(=O)Cc2csc(-c3cccs3)n2)cc1. The molecule has 1 N–H and O–H groups in total. The van der Waals surface area contributed by atoms with Crippen molar-refractivity contribution in [2.75, 3.05) is 11.6 Å². The molecular weight excluding hydrogens is 332 g/mol. The van der Waals surface area contributed by atoms with E-state index in [-0.39, 0.29) is 5.91 Å². The molecule has 2 aromatic heterocycles. The highest BCUT2D eigenvalue weighted by Gasteiger charge is 2.10. The van der Waals surface area contributed by atoms with Crippen molar-refractivity contribution in [3.8, 4) is 9.88 Å². The van der Waals surface area contributed by atoms with Crippen molar-refractivity contribution in [1.29, 1.82) is 0 Å². The fourth-order valence-corrected chi connectivity index (χ4v) is 3.99. The summed E-state index contributed by atoms with van der Waals surface area (Å²) in [6, 6.07) is 11.9. The Labute approximate surface area is 141 Å². The minimum absolute atomic E-state index is 0.0417. The molecule has 1 amide bonds. The second-order valence-corrected chi connectivity index (χ2v) is 7.26. The van der Waals surface area contributed by atoms with E-state index in [1.807, 2.05) is 53.4 Å². The number of rotatable bonds is 5. The summed E-state index contributed by atoms with van der Waals surface area (Å²) in [7, 11) is 0. The minimum atomic E-state index is -0.0417. The fourth-order valence-electron chi connectivity index (χ4n) is 1.95. The number of aromatic nitrogens is 1. The fraction of sp³-hybridized carbons (Fsp3) is 0.125. The van der Waals surface area contributed by atoms with Crippen LogP contribution in [0.25, 0.3) is 9.88 Å². The Morgan fingerprint density at radius 3 is 2.73 bits per heavy atom. The first-order valence-electron chi connectivity index (χ1n) is 6.67. The molecule has 0 fully saturated rings. The summed E-state index contributed by atoms with van der Waals surface area (Å²) >= 11 is 4.92. The van der Waals surface area contributed by atoms with E-state index < -0.39 is 0 Å². The van der Waals surface area contributed by atoms with Crippen LogP contribution in [-0.4, -0.2) is 17.1 Å². The van der Waals surface area contributed by atoms with Crippen LogP contribution in [0.5, 0.6) is 0 Å². The highest BCUT2D eigenvalue weighted by molar-refractivity contribution is 7.98. The zero-order valence-corrected chi connectivity index (χ0v) is 14.4. The Bertz CT molecular complexity index is 748. The predicted octanol–water partition coefficient (Wildman–Crippen LogP) is 4.77. The van der Waals surface area contributed by atoms with Gasteiger partial charge in [-0.3, -0.25) is 4.79 Å². The number of anilines is 1. The Morgan fingerprint density at radius 2 is 2.05 bits per heavy atom. The van der Waals surface area contributed by atoms with Crippen molar-refractivity contribution in [2.45, 2.75) is 11.3 Å². The van der Waals surface area contributed by atoms with E-state index in [0.717, 1.165) is 21.3 Å². The third kappa shape index (κ3) is 3.76. The van der Waals surface area contributed by atoms with Gasteiger partial charge in [0.2, 0.25) is 5.91 Å². The molecule has 2 heterocycles. The molecule has 6 heteroatoms. The second kappa shape index (κ2) is 7.09. The van der Waals surface area contributed by atoms with Crippen molar-refractivity contribution in [1.82, 2.24) is 4.98 Å². The van der Waals surface area contributed by atoms with E-state index >= 15 is 0 Å². The monoisotopic (exact) mass is 346 g/mol. The molecule has 22 heavy (non-hydrogen) atoms. The summed E-state index contributed by atoms with van der Waals surface area (Å²) in [5.41, 5.74) is 1.63. The number of hydrogen-bond acceptors (Lipinski definition) is 5. The van der Waals surface area contributed by atoms with E-state index in [1.54, 1.807) is 34.4 Å². The number of thioether (sulfide) groups is 1. The maximum absolute atomic E-state index is 12.1. The molecule has 0 radical (unpaired) electrons. The van der Waals surface area contributed by atoms with E-state index in [0.29, 0.717) is 6.42 Å². The van der Waals surface area contributed by atoms with Gasteiger partial charge in [-0.25, -0.2) is 4.98 Å². The molecule has 1 aromatic carbocycles. The second-order valence-electron chi connectivity index (χ2n) is 4.57. The number of amides is 1. The molecule has 0 aliphatic rings. The summed E-state index contributed by atoms with van der Waals surface area (Å²) in [5.74, 6) is -0.0417. The van der Waals surface area contributed by atoms with Gasteiger partial charge in [-0.15, -0.1) is 34.4 Å². The topological polar surface area (TPSA) is 42.0 Å². The smallest absolute Gasteiger partial charge is 0.230 e. The molecule has 0 spiro atoms. The van der Waals surface area contributed by atoms with Crippen molar-refractivity contribution in [2.24, 2.45) is 0 Å². The maximum Gasteiger partial charge on any atom is 0.230 e. The third-order valence-corrected chi connectivity index (χ3v) is 5.67. The van der Waals surface area contributed by atoms with Gasteiger partial charge < -0.3 is 5.32 Å².